The number of carboxylic acids is 1. The number of hydrogen-bond acceptors (Lipinski definition) is 2. The van der Waals surface area contributed by atoms with Gasteiger partial charge >= 0.3 is 5.97 Å². The van der Waals surface area contributed by atoms with Gasteiger partial charge in [0.15, 0.2) is 5.78 Å². The highest BCUT2D eigenvalue weighted by molar-refractivity contribution is 5.91. The second kappa shape index (κ2) is 16.2. The minimum absolute atomic E-state index is 0.0695. The number of allylic oxidation sites excluding steroid dienone is 10. The molecular weight excluding hydrogens is 288 g/mol. The van der Waals surface area contributed by atoms with E-state index in [-0.39, 0.29) is 18.6 Å². The van der Waals surface area contributed by atoms with Crippen molar-refractivity contribution in [3.8, 4) is 0 Å². The second-order valence-electron chi connectivity index (χ2n) is 5.00. The summed E-state index contributed by atoms with van der Waals surface area (Å²) in [5.41, 5.74) is 0. The number of carboxylic acid groups (broad SMARTS) is 1. The first-order chi connectivity index (χ1) is 11.2. The molecule has 0 fully saturated rings. The van der Waals surface area contributed by atoms with Crippen molar-refractivity contribution in [3.05, 3.63) is 60.8 Å². The molecule has 1 N–H and O–H groups in total. The molecule has 0 saturated heterocycles. The van der Waals surface area contributed by atoms with Crippen LogP contribution < -0.4 is 0 Å². The lowest BCUT2D eigenvalue weighted by Gasteiger charge is -1.90. The molecule has 23 heavy (non-hydrogen) atoms. The van der Waals surface area contributed by atoms with Crippen molar-refractivity contribution >= 4 is 11.8 Å². The normalized spacial score (nSPS) is 12.6. The molecule has 3 heteroatoms. The summed E-state index contributed by atoms with van der Waals surface area (Å²) in [6.45, 7) is 2.13. The number of hydrogen-bond donors (Lipinski definition) is 1. The monoisotopic (exact) mass is 316 g/mol. The van der Waals surface area contributed by atoms with E-state index in [1.807, 2.05) is 6.08 Å². The standard InChI is InChI=1S/C20H28O3/c1-2-3-4-5-6-7-8-9-10-11-12-13-14-15-16-19(21)17-18-20(22)23/h3-4,6-7,9-10,12-13,15-16H,2,5,8,11,14,17-18H2,1H3,(H,22,23)/b4-3-,7-6-,10-9-,13-12-,16-15-. The average Bonchev–Trinajstić information content (AvgIpc) is 2.53. The Bertz CT molecular complexity index is 465. The molecule has 3 nitrogen and oxygen atoms in total. The Hall–Kier alpha value is -2.16. The minimum atomic E-state index is -0.939. The van der Waals surface area contributed by atoms with E-state index >= 15 is 0 Å². The average molecular weight is 316 g/mol. The van der Waals surface area contributed by atoms with E-state index < -0.39 is 5.97 Å². The van der Waals surface area contributed by atoms with Crippen LogP contribution in [0.15, 0.2) is 60.8 Å². The van der Waals surface area contributed by atoms with Gasteiger partial charge in [-0.2, -0.15) is 0 Å². The summed E-state index contributed by atoms with van der Waals surface area (Å²) in [6, 6.07) is 0. The van der Waals surface area contributed by atoms with Gasteiger partial charge < -0.3 is 5.11 Å². The first-order valence-electron chi connectivity index (χ1n) is 8.18. The molecule has 0 rings (SSSR count). The van der Waals surface area contributed by atoms with Gasteiger partial charge in [-0.1, -0.05) is 61.6 Å². The number of ketones is 1. The highest BCUT2D eigenvalue weighted by atomic mass is 16.4. The van der Waals surface area contributed by atoms with E-state index in [0.29, 0.717) is 6.42 Å². The largest absolute Gasteiger partial charge is 0.481 e. The van der Waals surface area contributed by atoms with E-state index in [9.17, 15) is 9.59 Å². The summed E-state index contributed by atoms with van der Waals surface area (Å²) < 4.78 is 0. The van der Waals surface area contributed by atoms with Crippen LogP contribution in [0.5, 0.6) is 0 Å². The summed E-state index contributed by atoms with van der Waals surface area (Å²) in [4.78, 5) is 21.6. The zero-order valence-corrected chi connectivity index (χ0v) is 14.0. The summed E-state index contributed by atoms with van der Waals surface area (Å²) in [6.07, 6.45) is 24.8. The van der Waals surface area contributed by atoms with Crippen molar-refractivity contribution in [2.45, 2.75) is 51.9 Å². The molecule has 0 aliphatic carbocycles. The molecule has 0 aliphatic heterocycles. The van der Waals surface area contributed by atoms with Crippen LogP contribution in [-0.2, 0) is 9.59 Å². The van der Waals surface area contributed by atoms with Gasteiger partial charge in [0.25, 0.3) is 0 Å². The van der Waals surface area contributed by atoms with Gasteiger partial charge in [0.2, 0.25) is 0 Å². The van der Waals surface area contributed by atoms with Gasteiger partial charge in [0.1, 0.15) is 0 Å². The summed E-state index contributed by atoms with van der Waals surface area (Å²) in [7, 11) is 0. The molecule has 0 atom stereocenters. The fourth-order valence-electron chi connectivity index (χ4n) is 1.67. The molecule has 0 aromatic carbocycles. The van der Waals surface area contributed by atoms with Crippen LogP contribution in [-0.4, -0.2) is 16.9 Å². The molecule has 0 bridgehead atoms. The van der Waals surface area contributed by atoms with Crippen LogP contribution in [0.4, 0.5) is 0 Å². The quantitative estimate of drug-likeness (QED) is 0.376. The van der Waals surface area contributed by atoms with Crippen LogP contribution in [0.2, 0.25) is 0 Å². The Labute approximate surface area is 139 Å². The third-order valence-corrected chi connectivity index (χ3v) is 2.88. The van der Waals surface area contributed by atoms with E-state index in [1.54, 1.807) is 6.08 Å². The smallest absolute Gasteiger partial charge is 0.303 e. The van der Waals surface area contributed by atoms with Gasteiger partial charge in [0.05, 0.1) is 6.42 Å². The van der Waals surface area contributed by atoms with Crippen molar-refractivity contribution < 1.29 is 14.7 Å². The molecule has 0 unspecified atom stereocenters. The molecular formula is C20H28O3. The van der Waals surface area contributed by atoms with Gasteiger partial charge in [-0.05, 0) is 38.2 Å². The van der Waals surface area contributed by atoms with Gasteiger partial charge in [0, 0.05) is 6.42 Å². The molecule has 0 aliphatic rings. The van der Waals surface area contributed by atoms with E-state index in [2.05, 4.69) is 49.5 Å². The lowest BCUT2D eigenvalue weighted by atomic mass is 10.2. The summed E-state index contributed by atoms with van der Waals surface area (Å²) in [5, 5.41) is 8.46. The predicted molar refractivity (Wildman–Crippen MR) is 96.3 cm³/mol. The van der Waals surface area contributed by atoms with Crippen molar-refractivity contribution in [2.24, 2.45) is 0 Å². The second-order valence-corrected chi connectivity index (χ2v) is 5.00. The van der Waals surface area contributed by atoms with Crippen molar-refractivity contribution in [1.29, 1.82) is 0 Å². The van der Waals surface area contributed by atoms with Crippen LogP contribution >= 0.6 is 0 Å². The lowest BCUT2D eigenvalue weighted by Crippen LogP contribution is -1.99. The van der Waals surface area contributed by atoms with Gasteiger partial charge in [-0.25, -0.2) is 0 Å². The molecule has 0 aromatic heterocycles. The Morgan fingerprint density at radius 1 is 0.696 bits per heavy atom. The lowest BCUT2D eigenvalue weighted by molar-refractivity contribution is -0.138. The van der Waals surface area contributed by atoms with Crippen molar-refractivity contribution in [2.75, 3.05) is 0 Å². The Morgan fingerprint density at radius 2 is 1.13 bits per heavy atom. The predicted octanol–water partition coefficient (Wildman–Crippen LogP) is 5.17. The first kappa shape index (κ1) is 20.8. The molecule has 0 spiro atoms. The Morgan fingerprint density at radius 3 is 1.57 bits per heavy atom. The molecule has 0 saturated carbocycles. The zero-order chi connectivity index (χ0) is 17.2. The van der Waals surface area contributed by atoms with E-state index in [4.69, 9.17) is 5.11 Å². The van der Waals surface area contributed by atoms with Gasteiger partial charge in [-0.15, -0.1) is 0 Å². The number of carbonyl (C=O) groups excluding carboxylic acids is 1. The maximum absolute atomic E-state index is 11.3. The Kier molecular flexibility index (Phi) is 14.7. The molecule has 0 aromatic rings. The zero-order valence-electron chi connectivity index (χ0n) is 14.0. The summed E-state index contributed by atoms with van der Waals surface area (Å²) >= 11 is 0. The SMILES string of the molecule is CC/C=C\C/C=C\C/C=C\C/C=C\C/C=C\C(=O)CCC(=O)O. The number of aliphatic carboxylic acids is 1. The fourth-order valence-corrected chi connectivity index (χ4v) is 1.67. The van der Waals surface area contributed by atoms with Gasteiger partial charge in [-0.3, -0.25) is 9.59 Å². The first-order valence-corrected chi connectivity index (χ1v) is 8.18. The molecule has 0 amide bonds. The van der Waals surface area contributed by atoms with E-state index in [1.165, 1.54) is 6.08 Å². The highest BCUT2D eigenvalue weighted by Gasteiger charge is 2.00. The van der Waals surface area contributed by atoms with Crippen molar-refractivity contribution in [3.63, 3.8) is 0 Å². The topological polar surface area (TPSA) is 54.4 Å². The van der Waals surface area contributed by atoms with E-state index in [0.717, 1.165) is 25.7 Å². The number of carbonyl (C=O) groups is 2. The minimum Gasteiger partial charge on any atom is -0.481 e. The van der Waals surface area contributed by atoms with Crippen LogP contribution in [0.25, 0.3) is 0 Å². The van der Waals surface area contributed by atoms with Crippen LogP contribution in [0.3, 0.4) is 0 Å². The third kappa shape index (κ3) is 17.8. The maximum Gasteiger partial charge on any atom is 0.303 e. The molecule has 126 valence electrons. The van der Waals surface area contributed by atoms with Crippen LogP contribution in [0.1, 0.15) is 51.9 Å². The highest BCUT2D eigenvalue weighted by Crippen LogP contribution is 1.97. The number of rotatable bonds is 13. The molecule has 0 heterocycles. The van der Waals surface area contributed by atoms with Crippen LogP contribution in [0, 0.1) is 0 Å². The fraction of sp³-hybridized carbons (Fsp3) is 0.400. The summed E-state index contributed by atoms with van der Waals surface area (Å²) in [5.74, 6) is -1.08. The Balaban J connectivity index is 3.63. The van der Waals surface area contributed by atoms with Crippen molar-refractivity contribution in [1.82, 2.24) is 0 Å². The third-order valence-electron chi connectivity index (χ3n) is 2.88. The maximum atomic E-state index is 11.3. The molecule has 0 radical (unpaired) electrons.